The van der Waals surface area contributed by atoms with Gasteiger partial charge in [-0.25, -0.2) is 24.1 Å². The number of aromatic nitrogens is 2. The number of nitrogens with zero attached hydrogens (tertiary/aromatic N) is 5. The van der Waals surface area contributed by atoms with Crippen LogP contribution in [0.25, 0.3) is 10.2 Å². The Bertz CT molecular complexity index is 1550. The highest BCUT2D eigenvalue weighted by atomic mass is 32.1. The molecule has 2 aromatic heterocycles. The largest absolute Gasteiger partial charge is 0.332 e. The van der Waals surface area contributed by atoms with Gasteiger partial charge in [-0.2, -0.15) is 0 Å². The van der Waals surface area contributed by atoms with E-state index in [4.69, 9.17) is 7.85 Å². The van der Waals surface area contributed by atoms with Gasteiger partial charge in [-0.15, -0.1) is 11.3 Å². The first-order valence-electron chi connectivity index (χ1n) is 12.1. The third-order valence-corrected chi connectivity index (χ3v) is 7.84. The lowest BCUT2D eigenvalue weighted by molar-refractivity contribution is 0.103. The molecule has 0 spiro atoms. The summed E-state index contributed by atoms with van der Waals surface area (Å²) in [6.45, 7) is 5.04. The molecule has 0 bridgehead atoms. The number of carbonyl (C=O) groups is 2. The number of hydrogen-bond donors (Lipinski definition) is 2. The second-order valence-corrected chi connectivity index (χ2v) is 10.4. The van der Waals surface area contributed by atoms with Crippen LogP contribution in [0.5, 0.6) is 0 Å². The van der Waals surface area contributed by atoms with Crippen LogP contribution in [0.2, 0.25) is 0 Å². The van der Waals surface area contributed by atoms with E-state index in [1.807, 2.05) is 24.3 Å². The maximum Gasteiger partial charge on any atom is 0.332 e. The first kappa shape index (κ1) is 24.5. The van der Waals surface area contributed by atoms with Gasteiger partial charge in [0.05, 0.1) is 16.8 Å². The fraction of sp³-hybridized carbons (Fsp3) is 0.231. The van der Waals surface area contributed by atoms with Gasteiger partial charge in [0.15, 0.2) is 5.82 Å². The Morgan fingerprint density at radius 2 is 1.89 bits per heavy atom. The van der Waals surface area contributed by atoms with Gasteiger partial charge >= 0.3 is 6.03 Å². The average Bonchev–Trinajstić information content (AvgIpc) is 3.27. The molecule has 1 fully saturated rings. The van der Waals surface area contributed by atoms with Crippen molar-refractivity contribution in [3.8, 4) is 0 Å². The standard InChI is InChI=1S/C26H23BFN7O2S/c1-33-8-10-34(11-9-33)13-15-2-5-17(6-3-15)31-24(36)22-21-20-23(29-14-30-25(20)38-22)35(26(37)32-21)19-7-4-16(27)12-18(19)28/h2-7,12,14H,8-11,13H2,1H3,(H,31,36)(H,32,37). The number of rotatable bonds is 5. The number of hydrogen-bond acceptors (Lipinski definition) is 7. The number of amides is 3. The Kier molecular flexibility index (Phi) is 6.30. The summed E-state index contributed by atoms with van der Waals surface area (Å²) in [5.74, 6) is -0.853. The molecule has 2 radical (unpaired) electrons. The molecule has 2 aliphatic rings. The molecule has 0 atom stereocenters. The van der Waals surface area contributed by atoms with Gasteiger partial charge in [0.2, 0.25) is 0 Å². The van der Waals surface area contributed by atoms with Gasteiger partial charge in [-0.3, -0.25) is 9.69 Å². The Morgan fingerprint density at radius 3 is 2.63 bits per heavy atom. The van der Waals surface area contributed by atoms with Crippen LogP contribution in [0.3, 0.4) is 0 Å². The molecule has 0 aliphatic carbocycles. The van der Waals surface area contributed by atoms with Gasteiger partial charge in [-0.1, -0.05) is 23.7 Å². The van der Waals surface area contributed by atoms with E-state index in [2.05, 4.69) is 37.4 Å². The normalized spacial score (nSPS) is 16.1. The van der Waals surface area contributed by atoms with E-state index in [-0.39, 0.29) is 27.8 Å². The van der Waals surface area contributed by atoms with Gasteiger partial charge in [0.1, 0.15) is 29.7 Å². The summed E-state index contributed by atoms with van der Waals surface area (Å²) in [4.78, 5) is 41.6. The van der Waals surface area contributed by atoms with Crippen LogP contribution in [0.15, 0.2) is 48.8 Å². The molecule has 190 valence electrons. The second kappa shape index (κ2) is 9.78. The first-order valence-corrected chi connectivity index (χ1v) is 12.9. The summed E-state index contributed by atoms with van der Waals surface area (Å²) in [6, 6.07) is 11.2. The first-order chi connectivity index (χ1) is 18.4. The fourth-order valence-corrected chi connectivity index (χ4v) is 5.69. The predicted octanol–water partition coefficient (Wildman–Crippen LogP) is 3.31. The smallest absolute Gasteiger partial charge is 0.321 e. The van der Waals surface area contributed by atoms with Crippen LogP contribution >= 0.6 is 11.3 Å². The lowest BCUT2D eigenvalue weighted by Gasteiger charge is -2.32. The molecule has 0 unspecified atom stereocenters. The molecular weight excluding hydrogens is 504 g/mol. The van der Waals surface area contributed by atoms with E-state index in [1.165, 1.54) is 24.0 Å². The molecule has 1 saturated heterocycles. The van der Waals surface area contributed by atoms with Crippen LogP contribution in [0.4, 0.5) is 32.1 Å². The molecule has 4 aromatic rings. The highest BCUT2D eigenvalue weighted by Gasteiger charge is 2.35. The number of thiophene rings is 1. The predicted molar refractivity (Wildman–Crippen MR) is 148 cm³/mol. The molecule has 12 heteroatoms. The Labute approximate surface area is 223 Å². The van der Waals surface area contributed by atoms with E-state index in [9.17, 15) is 14.0 Å². The number of benzene rings is 2. The molecule has 2 aliphatic heterocycles. The summed E-state index contributed by atoms with van der Waals surface area (Å²) in [6.07, 6.45) is 1.29. The molecule has 2 N–H and O–H groups in total. The van der Waals surface area contributed by atoms with Gasteiger partial charge in [0.25, 0.3) is 5.91 Å². The van der Waals surface area contributed by atoms with Crippen molar-refractivity contribution in [1.29, 1.82) is 0 Å². The minimum absolute atomic E-state index is 0.00350. The maximum absolute atomic E-state index is 14.7. The monoisotopic (exact) mass is 527 g/mol. The highest BCUT2D eigenvalue weighted by Crippen LogP contribution is 2.45. The molecule has 38 heavy (non-hydrogen) atoms. The molecular formula is C26H23BFN7O2S. The van der Waals surface area contributed by atoms with Crippen molar-refractivity contribution in [1.82, 2.24) is 19.8 Å². The lowest BCUT2D eigenvalue weighted by atomic mass is 9.96. The van der Waals surface area contributed by atoms with Crippen molar-refractivity contribution in [3.05, 3.63) is 65.0 Å². The zero-order chi connectivity index (χ0) is 26.4. The topological polar surface area (TPSA) is 93.7 Å². The third kappa shape index (κ3) is 4.51. The zero-order valence-corrected chi connectivity index (χ0v) is 21.4. The van der Waals surface area contributed by atoms with Gasteiger partial charge in [0, 0.05) is 38.4 Å². The van der Waals surface area contributed by atoms with Crippen LogP contribution in [-0.2, 0) is 6.54 Å². The summed E-state index contributed by atoms with van der Waals surface area (Å²) >= 11 is 1.13. The number of anilines is 4. The second-order valence-electron chi connectivity index (χ2n) is 9.39. The van der Waals surface area contributed by atoms with Crippen molar-refractivity contribution >= 4 is 69.7 Å². The van der Waals surface area contributed by atoms with Crippen LogP contribution < -0.4 is 21.0 Å². The van der Waals surface area contributed by atoms with E-state index < -0.39 is 11.8 Å². The number of likely N-dealkylation sites (N-methyl/N-ethyl adjacent to an activating group) is 1. The average molecular weight is 527 g/mol. The zero-order valence-electron chi connectivity index (χ0n) is 20.6. The Balaban J connectivity index is 1.25. The summed E-state index contributed by atoms with van der Waals surface area (Å²) in [7, 11) is 7.80. The van der Waals surface area contributed by atoms with Crippen LogP contribution in [0, 0.1) is 5.82 Å². The number of nitrogens with one attached hydrogen (secondary N) is 2. The number of halogens is 1. The van der Waals surface area contributed by atoms with E-state index in [0.29, 0.717) is 21.6 Å². The molecule has 4 heterocycles. The molecule has 2 aromatic carbocycles. The van der Waals surface area contributed by atoms with Crippen molar-refractivity contribution in [3.63, 3.8) is 0 Å². The minimum atomic E-state index is -0.667. The van der Waals surface area contributed by atoms with Gasteiger partial charge < -0.3 is 15.5 Å². The third-order valence-electron chi connectivity index (χ3n) is 6.75. The maximum atomic E-state index is 14.7. The molecule has 9 nitrogen and oxygen atoms in total. The summed E-state index contributed by atoms with van der Waals surface area (Å²) in [5.41, 5.74) is 2.35. The van der Waals surface area contributed by atoms with Crippen molar-refractivity contribution in [2.75, 3.05) is 48.8 Å². The Hall–Kier alpha value is -3.87. The molecule has 6 rings (SSSR count). The SMILES string of the molecule is [B]c1ccc(N2C(=O)Nc3c(C(=O)Nc4ccc(CN5CCN(C)CC5)cc4)sc4ncnc2c34)c(F)c1. The Morgan fingerprint density at radius 1 is 1.13 bits per heavy atom. The summed E-state index contributed by atoms with van der Waals surface area (Å²) < 4.78 is 14.7. The lowest BCUT2D eigenvalue weighted by Crippen LogP contribution is -2.43. The van der Waals surface area contributed by atoms with Gasteiger partial charge in [-0.05, 0) is 36.9 Å². The minimum Gasteiger partial charge on any atom is -0.321 e. The van der Waals surface area contributed by atoms with Crippen molar-refractivity contribution < 1.29 is 14.0 Å². The van der Waals surface area contributed by atoms with Crippen molar-refractivity contribution in [2.45, 2.75) is 6.54 Å². The quantitative estimate of drug-likeness (QED) is 0.387. The van der Waals surface area contributed by atoms with E-state index in [0.717, 1.165) is 55.0 Å². The number of urea groups is 1. The molecule has 3 amide bonds. The van der Waals surface area contributed by atoms with E-state index in [1.54, 1.807) is 0 Å². The van der Waals surface area contributed by atoms with E-state index >= 15 is 0 Å². The number of piperazine rings is 1. The fourth-order valence-electron chi connectivity index (χ4n) is 4.70. The highest BCUT2D eigenvalue weighted by molar-refractivity contribution is 7.21. The van der Waals surface area contributed by atoms with Crippen molar-refractivity contribution in [2.24, 2.45) is 0 Å². The van der Waals surface area contributed by atoms with Crippen LogP contribution in [-0.4, -0.2) is 72.8 Å². The molecule has 0 saturated carbocycles. The summed E-state index contributed by atoms with van der Waals surface area (Å²) in [5, 5.41) is 6.12. The number of carbonyl (C=O) groups excluding carboxylic acids is 2. The van der Waals surface area contributed by atoms with Crippen LogP contribution in [0.1, 0.15) is 15.2 Å².